The van der Waals surface area contributed by atoms with Crippen LogP contribution in [-0.4, -0.2) is 47.3 Å². The van der Waals surface area contributed by atoms with Crippen LogP contribution in [0, 0.1) is 0 Å². The van der Waals surface area contributed by atoms with E-state index in [9.17, 15) is 5.11 Å². The van der Waals surface area contributed by atoms with Crippen molar-refractivity contribution in [3.05, 3.63) is 36.5 Å². The van der Waals surface area contributed by atoms with E-state index in [-0.39, 0.29) is 0 Å². The van der Waals surface area contributed by atoms with Gasteiger partial charge in [0.1, 0.15) is 0 Å². The fourth-order valence-electron chi connectivity index (χ4n) is 3.49. The minimum atomic E-state index is -0.526. The van der Waals surface area contributed by atoms with Crippen LogP contribution in [0.25, 0.3) is 10.9 Å². The van der Waals surface area contributed by atoms with Crippen molar-refractivity contribution in [1.29, 1.82) is 0 Å². The van der Waals surface area contributed by atoms with Crippen molar-refractivity contribution in [3.63, 3.8) is 0 Å². The summed E-state index contributed by atoms with van der Waals surface area (Å²) in [4.78, 5) is 6.48. The number of nitrogens with one attached hydrogen (secondary N) is 1. The summed E-state index contributed by atoms with van der Waals surface area (Å²) in [6, 6.07) is 10.7. The van der Waals surface area contributed by atoms with Crippen molar-refractivity contribution in [1.82, 2.24) is 9.88 Å². The van der Waals surface area contributed by atoms with Gasteiger partial charge in [-0.3, -0.25) is 4.98 Å². The standard InChI is InChI=1S/C18H25N3O/c1-21(2)13-18(22)10-7-14(8-11-18)20-17-9-12-19-16-6-4-3-5-15(16)17/h3-6,9,12,14,22H,7-8,10-11,13H2,1-2H3,(H,19,20). The zero-order valence-electron chi connectivity index (χ0n) is 13.4. The van der Waals surface area contributed by atoms with Gasteiger partial charge in [0.2, 0.25) is 0 Å². The first kappa shape index (κ1) is 15.3. The Bertz CT molecular complexity index is 628. The minimum absolute atomic E-state index is 0.424. The molecule has 1 aromatic carbocycles. The van der Waals surface area contributed by atoms with Crippen LogP contribution in [0.2, 0.25) is 0 Å². The maximum absolute atomic E-state index is 10.6. The molecule has 0 atom stereocenters. The van der Waals surface area contributed by atoms with E-state index in [2.05, 4.69) is 21.3 Å². The van der Waals surface area contributed by atoms with Crippen molar-refractivity contribution < 1.29 is 5.11 Å². The van der Waals surface area contributed by atoms with Crippen molar-refractivity contribution in [3.8, 4) is 0 Å². The number of hydrogen-bond donors (Lipinski definition) is 2. The summed E-state index contributed by atoms with van der Waals surface area (Å²) in [6.07, 6.45) is 5.57. The first-order valence-corrected chi connectivity index (χ1v) is 8.03. The third-order valence-corrected chi connectivity index (χ3v) is 4.54. The van der Waals surface area contributed by atoms with Gasteiger partial charge in [0.25, 0.3) is 0 Å². The Kier molecular flexibility index (Phi) is 4.32. The van der Waals surface area contributed by atoms with E-state index >= 15 is 0 Å². The Morgan fingerprint density at radius 3 is 2.68 bits per heavy atom. The zero-order chi connectivity index (χ0) is 15.6. The highest BCUT2D eigenvalue weighted by atomic mass is 16.3. The Morgan fingerprint density at radius 2 is 1.95 bits per heavy atom. The summed E-state index contributed by atoms with van der Waals surface area (Å²) < 4.78 is 0. The van der Waals surface area contributed by atoms with Gasteiger partial charge in [-0.25, -0.2) is 0 Å². The molecule has 0 radical (unpaired) electrons. The van der Waals surface area contributed by atoms with E-state index in [1.54, 1.807) is 0 Å². The lowest BCUT2D eigenvalue weighted by atomic mass is 9.82. The van der Waals surface area contributed by atoms with Crippen LogP contribution >= 0.6 is 0 Å². The monoisotopic (exact) mass is 299 g/mol. The van der Waals surface area contributed by atoms with Gasteiger partial charge in [-0.05, 0) is 51.9 Å². The second-order valence-electron chi connectivity index (χ2n) is 6.76. The second kappa shape index (κ2) is 6.23. The Hall–Kier alpha value is -1.65. The molecule has 1 aromatic heterocycles. The van der Waals surface area contributed by atoms with Gasteiger partial charge in [-0.15, -0.1) is 0 Å². The van der Waals surface area contributed by atoms with Crippen molar-refractivity contribution in [2.45, 2.75) is 37.3 Å². The van der Waals surface area contributed by atoms with E-state index in [4.69, 9.17) is 0 Å². The largest absolute Gasteiger partial charge is 0.389 e. The zero-order valence-corrected chi connectivity index (χ0v) is 13.4. The van der Waals surface area contributed by atoms with Gasteiger partial charge < -0.3 is 15.3 Å². The van der Waals surface area contributed by atoms with Crippen LogP contribution in [-0.2, 0) is 0 Å². The summed E-state index contributed by atoms with van der Waals surface area (Å²) in [7, 11) is 4.04. The maximum atomic E-state index is 10.6. The second-order valence-corrected chi connectivity index (χ2v) is 6.76. The number of pyridine rings is 1. The molecule has 0 aliphatic heterocycles. The lowest BCUT2D eigenvalue weighted by Gasteiger charge is -2.38. The van der Waals surface area contributed by atoms with Gasteiger partial charge in [-0.1, -0.05) is 18.2 Å². The molecule has 0 spiro atoms. The third-order valence-electron chi connectivity index (χ3n) is 4.54. The Labute approximate surface area is 132 Å². The molecule has 1 saturated carbocycles. The molecule has 4 nitrogen and oxygen atoms in total. The number of fused-ring (bicyclic) bond motifs is 1. The molecule has 0 saturated heterocycles. The number of aromatic nitrogens is 1. The highest BCUT2D eigenvalue weighted by Gasteiger charge is 2.33. The molecule has 1 fully saturated rings. The molecule has 0 bridgehead atoms. The highest BCUT2D eigenvalue weighted by molar-refractivity contribution is 5.90. The van der Waals surface area contributed by atoms with Gasteiger partial charge in [0, 0.05) is 29.9 Å². The molecule has 0 amide bonds. The molecule has 118 valence electrons. The van der Waals surface area contributed by atoms with E-state index in [0.717, 1.165) is 43.4 Å². The van der Waals surface area contributed by atoms with Crippen molar-refractivity contribution >= 4 is 16.6 Å². The fraction of sp³-hybridized carbons (Fsp3) is 0.500. The summed E-state index contributed by atoms with van der Waals surface area (Å²) in [5.74, 6) is 0. The maximum Gasteiger partial charge on any atom is 0.0775 e. The number of benzene rings is 1. The van der Waals surface area contributed by atoms with Crippen LogP contribution in [0.4, 0.5) is 5.69 Å². The lowest BCUT2D eigenvalue weighted by molar-refractivity contribution is -0.0183. The van der Waals surface area contributed by atoms with Crippen molar-refractivity contribution in [2.24, 2.45) is 0 Å². The molecule has 4 heteroatoms. The molecular formula is C18H25N3O. The van der Waals surface area contributed by atoms with Crippen LogP contribution in [0.15, 0.2) is 36.5 Å². The molecule has 0 unspecified atom stereocenters. The average Bonchev–Trinajstić information content (AvgIpc) is 2.49. The number of anilines is 1. The predicted molar refractivity (Wildman–Crippen MR) is 91.1 cm³/mol. The van der Waals surface area contributed by atoms with Gasteiger partial charge in [0.15, 0.2) is 0 Å². The van der Waals surface area contributed by atoms with E-state index < -0.39 is 5.60 Å². The van der Waals surface area contributed by atoms with E-state index in [1.165, 1.54) is 5.39 Å². The molecule has 1 heterocycles. The Balaban J connectivity index is 1.67. The van der Waals surface area contributed by atoms with E-state index in [1.807, 2.05) is 44.6 Å². The van der Waals surface area contributed by atoms with Crippen LogP contribution in [0.1, 0.15) is 25.7 Å². The molecule has 22 heavy (non-hydrogen) atoms. The molecular weight excluding hydrogens is 274 g/mol. The first-order valence-electron chi connectivity index (χ1n) is 8.03. The highest BCUT2D eigenvalue weighted by Crippen LogP contribution is 2.31. The third kappa shape index (κ3) is 3.39. The number of hydrogen-bond acceptors (Lipinski definition) is 4. The number of rotatable bonds is 4. The Morgan fingerprint density at radius 1 is 1.23 bits per heavy atom. The molecule has 2 N–H and O–H groups in total. The normalized spacial score (nSPS) is 25.5. The van der Waals surface area contributed by atoms with Gasteiger partial charge >= 0.3 is 0 Å². The number of nitrogens with zero attached hydrogens (tertiary/aromatic N) is 2. The average molecular weight is 299 g/mol. The fourth-order valence-corrected chi connectivity index (χ4v) is 3.49. The van der Waals surface area contributed by atoms with Crippen LogP contribution in [0.3, 0.4) is 0 Å². The van der Waals surface area contributed by atoms with Gasteiger partial charge in [0.05, 0.1) is 11.1 Å². The predicted octanol–water partition coefficient (Wildman–Crippen LogP) is 2.88. The molecule has 1 aliphatic rings. The molecule has 3 rings (SSSR count). The smallest absolute Gasteiger partial charge is 0.0775 e. The van der Waals surface area contributed by atoms with Crippen molar-refractivity contribution in [2.75, 3.05) is 26.0 Å². The quantitative estimate of drug-likeness (QED) is 0.911. The summed E-state index contributed by atoms with van der Waals surface area (Å²) in [6.45, 7) is 0.748. The van der Waals surface area contributed by atoms with Crippen LogP contribution in [0.5, 0.6) is 0 Å². The minimum Gasteiger partial charge on any atom is -0.389 e. The number of para-hydroxylation sites is 1. The number of aliphatic hydroxyl groups is 1. The molecule has 2 aromatic rings. The van der Waals surface area contributed by atoms with E-state index in [0.29, 0.717) is 6.04 Å². The summed E-state index contributed by atoms with van der Waals surface area (Å²) >= 11 is 0. The van der Waals surface area contributed by atoms with Crippen LogP contribution < -0.4 is 5.32 Å². The lowest BCUT2D eigenvalue weighted by Crippen LogP contribution is -2.45. The molecule has 1 aliphatic carbocycles. The summed E-state index contributed by atoms with van der Waals surface area (Å²) in [5.41, 5.74) is 1.64. The number of likely N-dealkylation sites (N-methyl/N-ethyl adjacent to an activating group) is 1. The summed E-state index contributed by atoms with van der Waals surface area (Å²) in [5, 5.41) is 15.4. The topological polar surface area (TPSA) is 48.4 Å². The first-order chi connectivity index (χ1) is 10.6. The SMILES string of the molecule is CN(C)CC1(O)CCC(Nc2ccnc3ccccc23)CC1. The van der Waals surface area contributed by atoms with Gasteiger partial charge in [-0.2, -0.15) is 0 Å².